The summed E-state index contributed by atoms with van der Waals surface area (Å²) in [7, 11) is -3.18. The van der Waals surface area contributed by atoms with Crippen molar-refractivity contribution in [3.63, 3.8) is 0 Å². The zero-order valence-corrected chi connectivity index (χ0v) is 13.3. The van der Waals surface area contributed by atoms with Crippen molar-refractivity contribution in [2.24, 2.45) is 0 Å². The van der Waals surface area contributed by atoms with Gasteiger partial charge in [-0.15, -0.1) is 0 Å². The summed E-state index contributed by atoms with van der Waals surface area (Å²) < 4.78 is 23.2. The van der Waals surface area contributed by atoms with Crippen molar-refractivity contribution in [1.29, 1.82) is 0 Å². The number of anilines is 1. The first-order valence-electron chi connectivity index (χ1n) is 6.18. The zero-order chi connectivity index (χ0) is 14.3. The first kappa shape index (κ1) is 16.2. The highest BCUT2D eigenvalue weighted by Crippen LogP contribution is 2.15. The number of carbonyl (C=O) groups excluding carboxylic acids is 1. The number of carbonyl (C=O) groups is 1. The molecule has 0 aliphatic heterocycles. The molecule has 0 saturated carbocycles. The van der Waals surface area contributed by atoms with Crippen molar-refractivity contribution in [2.75, 3.05) is 16.4 Å². The van der Waals surface area contributed by atoms with Crippen LogP contribution in [0, 0.1) is 0 Å². The third-order valence-corrected chi connectivity index (χ3v) is 4.98. The van der Waals surface area contributed by atoms with Crippen molar-refractivity contribution in [2.45, 2.75) is 31.1 Å². The summed E-state index contributed by atoms with van der Waals surface area (Å²) in [6.45, 7) is 1.61. The van der Waals surface area contributed by atoms with E-state index in [4.69, 9.17) is 0 Å². The second kappa shape index (κ2) is 7.65. The van der Waals surface area contributed by atoms with Crippen LogP contribution in [-0.2, 0) is 14.6 Å². The summed E-state index contributed by atoms with van der Waals surface area (Å²) in [6.07, 6.45) is 2.26. The summed E-state index contributed by atoms with van der Waals surface area (Å²) in [5.74, 6) is 0.0256. The fourth-order valence-electron chi connectivity index (χ4n) is 1.52. The van der Waals surface area contributed by atoms with Gasteiger partial charge in [0.1, 0.15) is 0 Å². The van der Waals surface area contributed by atoms with Gasteiger partial charge in [0.25, 0.3) is 0 Å². The molecule has 0 radical (unpaired) electrons. The summed E-state index contributed by atoms with van der Waals surface area (Å²) in [4.78, 5) is 11.9. The number of benzene rings is 1. The molecule has 1 N–H and O–H groups in total. The lowest BCUT2D eigenvalue weighted by Crippen LogP contribution is -2.11. The molecule has 0 atom stereocenters. The van der Waals surface area contributed by atoms with Crippen molar-refractivity contribution in [1.82, 2.24) is 0 Å². The van der Waals surface area contributed by atoms with Crippen LogP contribution >= 0.6 is 15.9 Å². The largest absolute Gasteiger partial charge is 0.326 e. The van der Waals surface area contributed by atoms with E-state index >= 15 is 0 Å². The molecule has 4 nitrogen and oxygen atoms in total. The minimum absolute atomic E-state index is 0.0490. The van der Waals surface area contributed by atoms with Gasteiger partial charge in [-0.1, -0.05) is 22.9 Å². The van der Waals surface area contributed by atoms with Crippen LogP contribution < -0.4 is 5.32 Å². The number of sulfone groups is 1. The van der Waals surface area contributed by atoms with Gasteiger partial charge in [-0.25, -0.2) is 8.42 Å². The van der Waals surface area contributed by atoms with Crippen LogP contribution in [0.3, 0.4) is 0 Å². The number of nitrogens with one attached hydrogen (secondary N) is 1. The Kier molecular flexibility index (Phi) is 6.51. The third-order valence-electron chi connectivity index (χ3n) is 2.66. The lowest BCUT2D eigenvalue weighted by Gasteiger charge is -2.06. The lowest BCUT2D eigenvalue weighted by atomic mass is 10.2. The molecule has 6 heteroatoms. The van der Waals surface area contributed by atoms with Crippen molar-refractivity contribution >= 4 is 37.4 Å². The number of unbranched alkanes of at least 4 members (excludes halogenated alkanes) is 1. The van der Waals surface area contributed by atoms with Gasteiger partial charge in [0.05, 0.1) is 10.6 Å². The minimum Gasteiger partial charge on any atom is -0.326 e. The first-order chi connectivity index (χ1) is 8.99. The molecule has 1 aromatic rings. The van der Waals surface area contributed by atoms with Gasteiger partial charge < -0.3 is 5.32 Å². The average molecular weight is 348 g/mol. The molecule has 1 rings (SSSR count). The van der Waals surface area contributed by atoms with E-state index in [1.54, 1.807) is 19.1 Å². The van der Waals surface area contributed by atoms with E-state index in [0.29, 0.717) is 12.1 Å². The second-order valence-corrected chi connectivity index (χ2v) is 7.19. The molecule has 0 heterocycles. The Labute approximate surface area is 122 Å². The Morgan fingerprint density at radius 1 is 1.21 bits per heavy atom. The summed E-state index contributed by atoms with van der Waals surface area (Å²) in [6, 6.07) is 6.27. The maximum absolute atomic E-state index is 11.6. The molecule has 106 valence electrons. The van der Waals surface area contributed by atoms with E-state index in [0.717, 1.165) is 18.2 Å². The summed E-state index contributed by atoms with van der Waals surface area (Å²) in [5.41, 5.74) is 0.624. The number of hydrogen-bond donors (Lipinski definition) is 1. The highest BCUT2D eigenvalue weighted by Gasteiger charge is 2.11. The molecule has 0 unspecified atom stereocenters. The molecule has 19 heavy (non-hydrogen) atoms. The van der Waals surface area contributed by atoms with E-state index < -0.39 is 9.84 Å². The molecule has 0 fully saturated rings. The Hall–Kier alpha value is -0.880. The fraction of sp³-hybridized carbons (Fsp3) is 0.462. The Morgan fingerprint density at radius 2 is 1.84 bits per heavy atom. The van der Waals surface area contributed by atoms with E-state index in [2.05, 4.69) is 21.2 Å². The number of halogens is 1. The highest BCUT2D eigenvalue weighted by molar-refractivity contribution is 9.09. The molecular formula is C13H18BrNO3S. The Balaban J connectivity index is 2.60. The van der Waals surface area contributed by atoms with Gasteiger partial charge in [0, 0.05) is 17.4 Å². The van der Waals surface area contributed by atoms with Crippen LogP contribution in [0.2, 0.25) is 0 Å². The lowest BCUT2D eigenvalue weighted by molar-refractivity contribution is -0.116. The Morgan fingerprint density at radius 3 is 2.37 bits per heavy atom. The second-order valence-electron chi connectivity index (χ2n) is 4.12. The smallest absolute Gasteiger partial charge is 0.224 e. The fourth-order valence-corrected chi connectivity index (χ4v) is 2.80. The van der Waals surface area contributed by atoms with Gasteiger partial charge in [0.15, 0.2) is 9.84 Å². The number of rotatable bonds is 7. The predicted octanol–water partition coefficient (Wildman–Crippen LogP) is 2.98. The number of hydrogen-bond acceptors (Lipinski definition) is 3. The molecule has 0 aliphatic carbocycles. The normalized spacial score (nSPS) is 11.3. The van der Waals surface area contributed by atoms with Crippen LogP contribution in [0.1, 0.15) is 26.2 Å². The average Bonchev–Trinajstić information content (AvgIpc) is 2.39. The molecule has 0 saturated heterocycles. The van der Waals surface area contributed by atoms with E-state index in [-0.39, 0.29) is 16.6 Å². The number of amides is 1. The van der Waals surface area contributed by atoms with Gasteiger partial charge >= 0.3 is 0 Å². The minimum atomic E-state index is -3.18. The van der Waals surface area contributed by atoms with Gasteiger partial charge in [0.2, 0.25) is 5.91 Å². The van der Waals surface area contributed by atoms with Crippen molar-refractivity contribution in [3.8, 4) is 0 Å². The van der Waals surface area contributed by atoms with E-state index in [1.165, 1.54) is 12.1 Å². The third kappa shape index (κ3) is 5.32. The van der Waals surface area contributed by atoms with Gasteiger partial charge in [-0.05, 0) is 37.1 Å². The molecular weight excluding hydrogens is 330 g/mol. The SMILES string of the molecule is CCS(=O)(=O)c1ccc(NC(=O)CCCCBr)cc1. The van der Waals surface area contributed by atoms with E-state index in [1.807, 2.05) is 0 Å². The molecule has 0 aliphatic rings. The first-order valence-corrected chi connectivity index (χ1v) is 8.95. The topological polar surface area (TPSA) is 63.2 Å². The van der Waals surface area contributed by atoms with Crippen LogP contribution in [0.25, 0.3) is 0 Å². The standard InChI is InChI=1S/C13H18BrNO3S/c1-2-19(17,18)12-8-6-11(7-9-12)15-13(16)5-3-4-10-14/h6-9H,2-5,10H2,1H3,(H,15,16). The monoisotopic (exact) mass is 347 g/mol. The van der Waals surface area contributed by atoms with Crippen molar-refractivity contribution < 1.29 is 13.2 Å². The quantitative estimate of drug-likeness (QED) is 0.609. The summed E-state index contributed by atoms with van der Waals surface area (Å²) in [5, 5.41) is 3.64. The van der Waals surface area contributed by atoms with Crippen LogP contribution in [0.4, 0.5) is 5.69 Å². The van der Waals surface area contributed by atoms with Crippen LogP contribution in [-0.4, -0.2) is 25.4 Å². The predicted molar refractivity (Wildman–Crippen MR) is 80.4 cm³/mol. The molecule has 1 amide bonds. The maximum atomic E-state index is 11.6. The summed E-state index contributed by atoms with van der Waals surface area (Å²) >= 11 is 3.31. The van der Waals surface area contributed by atoms with E-state index in [9.17, 15) is 13.2 Å². The van der Waals surface area contributed by atoms with Crippen LogP contribution in [0.15, 0.2) is 29.2 Å². The zero-order valence-electron chi connectivity index (χ0n) is 10.9. The van der Waals surface area contributed by atoms with Gasteiger partial charge in [-0.2, -0.15) is 0 Å². The number of alkyl halides is 1. The van der Waals surface area contributed by atoms with Gasteiger partial charge in [-0.3, -0.25) is 4.79 Å². The molecule has 0 spiro atoms. The maximum Gasteiger partial charge on any atom is 0.224 e. The molecule has 1 aromatic carbocycles. The highest BCUT2D eigenvalue weighted by atomic mass is 79.9. The van der Waals surface area contributed by atoms with Crippen LogP contribution in [0.5, 0.6) is 0 Å². The molecule has 0 bridgehead atoms. The van der Waals surface area contributed by atoms with Crippen molar-refractivity contribution in [3.05, 3.63) is 24.3 Å². The Bertz CT molecular complexity index is 511. The molecule has 0 aromatic heterocycles.